The summed E-state index contributed by atoms with van der Waals surface area (Å²) in [5, 5.41) is 4.55. The molecule has 2 rings (SSSR count). The van der Waals surface area contributed by atoms with Crippen molar-refractivity contribution in [1.82, 2.24) is 9.78 Å². The van der Waals surface area contributed by atoms with Crippen molar-refractivity contribution in [2.45, 2.75) is 12.3 Å². The van der Waals surface area contributed by atoms with E-state index in [1.54, 1.807) is 24.3 Å². The third-order valence-electron chi connectivity index (χ3n) is 2.55. The van der Waals surface area contributed by atoms with E-state index in [9.17, 15) is 8.78 Å². The molecule has 5 heteroatoms. The standard InChI is InChI=1S/C11H13F2N3/c1-16-10(11(12,13)6-7-14)8-4-2-3-5-9(8)15-16/h2-5H,6-7,14H2,1H3. The molecule has 2 aromatic rings. The lowest BCUT2D eigenvalue weighted by Crippen LogP contribution is -2.22. The molecule has 0 fully saturated rings. The van der Waals surface area contributed by atoms with Crippen LogP contribution >= 0.6 is 0 Å². The number of benzene rings is 1. The Balaban J connectivity index is 2.63. The first-order valence-electron chi connectivity index (χ1n) is 5.06. The van der Waals surface area contributed by atoms with Crippen LogP contribution in [0.15, 0.2) is 24.3 Å². The lowest BCUT2D eigenvalue weighted by molar-refractivity contribution is -0.0172. The van der Waals surface area contributed by atoms with Crippen molar-refractivity contribution in [1.29, 1.82) is 0 Å². The highest BCUT2D eigenvalue weighted by molar-refractivity contribution is 5.82. The summed E-state index contributed by atoms with van der Waals surface area (Å²) in [6.07, 6.45) is -0.365. The average Bonchev–Trinajstić information content (AvgIpc) is 2.53. The zero-order valence-corrected chi connectivity index (χ0v) is 8.95. The van der Waals surface area contributed by atoms with Gasteiger partial charge in [-0.3, -0.25) is 4.68 Å². The van der Waals surface area contributed by atoms with Crippen LogP contribution in [-0.4, -0.2) is 16.3 Å². The van der Waals surface area contributed by atoms with Gasteiger partial charge in [0.25, 0.3) is 5.92 Å². The third-order valence-corrected chi connectivity index (χ3v) is 2.55. The Morgan fingerprint density at radius 1 is 1.38 bits per heavy atom. The fourth-order valence-corrected chi connectivity index (χ4v) is 1.88. The number of halogens is 2. The van der Waals surface area contributed by atoms with Crippen molar-refractivity contribution >= 4 is 10.9 Å². The molecule has 0 aliphatic carbocycles. The van der Waals surface area contributed by atoms with Crippen LogP contribution in [-0.2, 0) is 13.0 Å². The summed E-state index contributed by atoms with van der Waals surface area (Å²) in [5.41, 5.74) is 5.72. The van der Waals surface area contributed by atoms with E-state index in [1.165, 1.54) is 11.7 Å². The van der Waals surface area contributed by atoms with Gasteiger partial charge < -0.3 is 5.73 Å². The third kappa shape index (κ3) is 1.67. The highest BCUT2D eigenvalue weighted by Gasteiger charge is 2.35. The number of aromatic nitrogens is 2. The molecule has 0 radical (unpaired) electrons. The van der Waals surface area contributed by atoms with E-state index >= 15 is 0 Å². The fourth-order valence-electron chi connectivity index (χ4n) is 1.88. The Morgan fingerprint density at radius 3 is 2.75 bits per heavy atom. The first-order valence-corrected chi connectivity index (χ1v) is 5.06. The fraction of sp³-hybridized carbons (Fsp3) is 0.364. The molecule has 0 spiro atoms. The van der Waals surface area contributed by atoms with Gasteiger partial charge in [-0.1, -0.05) is 18.2 Å². The summed E-state index contributed by atoms with van der Waals surface area (Å²) < 4.78 is 28.9. The SMILES string of the molecule is Cn1nc2ccccc2c1C(F)(F)CCN. The maximum absolute atomic E-state index is 13.8. The molecule has 0 aliphatic rings. The number of nitrogens with two attached hydrogens (primary N) is 1. The second kappa shape index (κ2) is 3.83. The molecule has 0 saturated carbocycles. The topological polar surface area (TPSA) is 43.8 Å². The summed E-state index contributed by atoms with van der Waals surface area (Å²) in [7, 11) is 1.53. The van der Waals surface area contributed by atoms with Crippen LogP contribution < -0.4 is 5.73 Å². The maximum Gasteiger partial charge on any atom is 0.291 e. The smallest absolute Gasteiger partial charge is 0.291 e. The van der Waals surface area contributed by atoms with Crippen molar-refractivity contribution in [3.8, 4) is 0 Å². The highest BCUT2D eigenvalue weighted by atomic mass is 19.3. The molecule has 0 amide bonds. The van der Waals surface area contributed by atoms with E-state index in [4.69, 9.17) is 5.73 Å². The van der Waals surface area contributed by atoms with Gasteiger partial charge in [-0.25, -0.2) is 0 Å². The van der Waals surface area contributed by atoms with Crippen molar-refractivity contribution in [2.24, 2.45) is 12.8 Å². The Bertz CT molecular complexity index is 505. The Kier molecular flexibility index (Phi) is 2.63. The first-order chi connectivity index (χ1) is 7.56. The largest absolute Gasteiger partial charge is 0.330 e. The van der Waals surface area contributed by atoms with Crippen molar-refractivity contribution < 1.29 is 8.78 Å². The molecule has 0 unspecified atom stereocenters. The number of aryl methyl sites for hydroxylation is 1. The molecule has 0 aliphatic heterocycles. The molecule has 0 saturated heterocycles. The van der Waals surface area contributed by atoms with Gasteiger partial charge in [0.05, 0.1) is 5.52 Å². The summed E-state index contributed by atoms with van der Waals surface area (Å²) >= 11 is 0. The molecule has 1 heterocycles. The summed E-state index contributed by atoms with van der Waals surface area (Å²) in [6, 6.07) is 6.88. The summed E-state index contributed by atoms with van der Waals surface area (Å²) in [4.78, 5) is 0. The minimum absolute atomic E-state index is 0.0491. The number of hydrogen-bond acceptors (Lipinski definition) is 2. The van der Waals surface area contributed by atoms with Crippen LogP contribution in [0.4, 0.5) is 8.78 Å². The summed E-state index contributed by atoms with van der Waals surface area (Å²) in [6.45, 7) is -0.0491. The van der Waals surface area contributed by atoms with Gasteiger partial charge >= 0.3 is 0 Å². The van der Waals surface area contributed by atoms with E-state index in [0.717, 1.165) is 0 Å². The normalized spacial score (nSPS) is 12.2. The predicted octanol–water partition coefficient (Wildman–Crippen LogP) is 2.01. The van der Waals surface area contributed by atoms with Crippen molar-refractivity contribution in [3.05, 3.63) is 30.0 Å². The van der Waals surface area contributed by atoms with E-state index in [0.29, 0.717) is 10.9 Å². The van der Waals surface area contributed by atoms with Crippen LogP contribution in [0.1, 0.15) is 12.1 Å². The molecule has 2 N–H and O–H groups in total. The van der Waals surface area contributed by atoms with Crippen molar-refractivity contribution in [3.63, 3.8) is 0 Å². The minimum atomic E-state index is -2.93. The molecule has 0 atom stereocenters. The van der Waals surface area contributed by atoms with Gasteiger partial charge in [0, 0.05) is 18.9 Å². The van der Waals surface area contributed by atoms with Gasteiger partial charge in [-0.2, -0.15) is 13.9 Å². The minimum Gasteiger partial charge on any atom is -0.330 e. The second-order valence-electron chi connectivity index (χ2n) is 3.73. The van der Waals surface area contributed by atoms with Crippen LogP contribution in [0.2, 0.25) is 0 Å². The van der Waals surface area contributed by atoms with Crippen LogP contribution in [0.25, 0.3) is 10.9 Å². The molecule has 0 bridgehead atoms. The van der Waals surface area contributed by atoms with Gasteiger partial charge in [0.2, 0.25) is 0 Å². The highest BCUT2D eigenvalue weighted by Crippen LogP contribution is 2.35. The monoisotopic (exact) mass is 225 g/mol. The predicted molar refractivity (Wildman–Crippen MR) is 58.3 cm³/mol. The number of fused-ring (bicyclic) bond motifs is 1. The number of hydrogen-bond donors (Lipinski definition) is 1. The molecule has 86 valence electrons. The Hall–Kier alpha value is -1.49. The lowest BCUT2D eigenvalue weighted by atomic mass is 10.1. The van der Waals surface area contributed by atoms with E-state index < -0.39 is 5.92 Å². The molecule has 3 nitrogen and oxygen atoms in total. The van der Waals surface area contributed by atoms with E-state index in [1.807, 2.05) is 0 Å². The quantitative estimate of drug-likeness (QED) is 0.868. The van der Waals surface area contributed by atoms with Crippen LogP contribution in [0.5, 0.6) is 0 Å². The average molecular weight is 225 g/mol. The van der Waals surface area contributed by atoms with Crippen molar-refractivity contribution in [2.75, 3.05) is 6.54 Å². The first kappa shape index (κ1) is 11.0. The van der Waals surface area contributed by atoms with Crippen LogP contribution in [0.3, 0.4) is 0 Å². The summed E-state index contributed by atoms with van der Waals surface area (Å²) in [5.74, 6) is -2.93. The van der Waals surface area contributed by atoms with E-state index in [2.05, 4.69) is 5.10 Å². The number of alkyl halides is 2. The Morgan fingerprint density at radius 2 is 2.06 bits per heavy atom. The van der Waals surface area contributed by atoms with Gasteiger partial charge in [0.15, 0.2) is 0 Å². The Labute approximate surface area is 91.9 Å². The van der Waals surface area contributed by atoms with Gasteiger partial charge in [-0.05, 0) is 12.6 Å². The molecular weight excluding hydrogens is 212 g/mol. The zero-order chi connectivity index (χ0) is 11.8. The van der Waals surface area contributed by atoms with Crippen LogP contribution in [0, 0.1) is 0 Å². The van der Waals surface area contributed by atoms with Gasteiger partial charge in [0.1, 0.15) is 5.69 Å². The number of nitrogens with zero attached hydrogens (tertiary/aromatic N) is 2. The molecule has 16 heavy (non-hydrogen) atoms. The zero-order valence-electron chi connectivity index (χ0n) is 8.95. The molecular formula is C11H13F2N3. The van der Waals surface area contributed by atoms with E-state index in [-0.39, 0.29) is 18.7 Å². The van der Waals surface area contributed by atoms with Gasteiger partial charge in [-0.15, -0.1) is 0 Å². The number of rotatable bonds is 3. The molecule has 1 aromatic heterocycles. The lowest BCUT2D eigenvalue weighted by Gasteiger charge is -2.15. The maximum atomic E-state index is 13.8. The second-order valence-corrected chi connectivity index (χ2v) is 3.73. The molecule has 1 aromatic carbocycles.